The van der Waals surface area contributed by atoms with Gasteiger partial charge in [-0.05, 0) is 30.7 Å². The minimum atomic E-state index is -0.312. The van der Waals surface area contributed by atoms with Gasteiger partial charge in [0.15, 0.2) is 23.4 Å². The number of halogens is 1. The van der Waals surface area contributed by atoms with Crippen molar-refractivity contribution in [2.24, 2.45) is 4.99 Å². The highest BCUT2D eigenvalue weighted by Crippen LogP contribution is 2.20. The highest BCUT2D eigenvalue weighted by Gasteiger charge is 2.25. The van der Waals surface area contributed by atoms with Gasteiger partial charge in [0, 0.05) is 45.5 Å². The van der Waals surface area contributed by atoms with Crippen molar-refractivity contribution in [1.29, 1.82) is 0 Å². The van der Waals surface area contributed by atoms with Gasteiger partial charge in [-0.2, -0.15) is 0 Å². The Morgan fingerprint density at radius 3 is 2.96 bits per heavy atom. The second-order valence-electron chi connectivity index (χ2n) is 6.12. The monoisotopic (exact) mass is 374 g/mol. The molecule has 3 N–H and O–H groups in total. The largest absolute Gasteiger partial charge is 0.459 e. The van der Waals surface area contributed by atoms with E-state index in [9.17, 15) is 9.18 Å². The molecular formula is C18H23FN6O2. The van der Waals surface area contributed by atoms with Gasteiger partial charge in [-0.3, -0.25) is 9.79 Å². The first kappa shape index (κ1) is 18.7. The fraction of sp³-hybridized carbons (Fsp3) is 0.389. The van der Waals surface area contributed by atoms with Crippen molar-refractivity contribution in [2.75, 3.05) is 38.1 Å². The lowest BCUT2D eigenvalue weighted by molar-refractivity contribution is 0.0926. The lowest BCUT2D eigenvalue weighted by Gasteiger charge is -2.20. The van der Waals surface area contributed by atoms with Gasteiger partial charge in [0.05, 0.1) is 6.26 Å². The summed E-state index contributed by atoms with van der Waals surface area (Å²) in [6, 6.07) is 6.41. The number of pyridine rings is 1. The molecule has 0 spiro atoms. The molecule has 3 heterocycles. The van der Waals surface area contributed by atoms with E-state index in [1.165, 1.54) is 12.3 Å². The third-order valence-electron chi connectivity index (χ3n) is 4.24. The normalized spacial score (nSPS) is 17.0. The molecule has 2 aromatic heterocycles. The zero-order chi connectivity index (χ0) is 19.1. The average Bonchev–Trinajstić information content (AvgIpc) is 3.36. The third-order valence-corrected chi connectivity index (χ3v) is 4.24. The summed E-state index contributed by atoms with van der Waals surface area (Å²) in [5.41, 5.74) is 0. The molecule has 0 radical (unpaired) electrons. The van der Waals surface area contributed by atoms with Crippen LogP contribution in [0.5, 0.6) is 0 Å². The summed E-state index contributed by atoms with van der Waals surface area (Å²) in [4.78, 5) is 22.0. The summed E-state index contributed by atoms with van der Waals surface area (Å²) in [6.45, 7) is 2.30. The van der Waals surface area contributed by atoms with E-state index in [0.717, 1.165) is 13.0 Å². The number of nitrogens with one attached hydrogen (secondary N) is 3. The first-order valence-corrected chi connectivity index (χ1v) is 8.81. The molecule has 0 saturated carbocycles. The van der Waals surface area contributed by atoms with E-state index in [-0.39, 0.29) is 23.5 Å². The van der Waals surface area contributed by atoms with Gasteiger partial charge in [-0.15, -0.1) is 0 Å². The molecule has 9 heteroatoms. The molecule has 144 valence electrons. The van der Waals surface area contributed by atoms with Gasteiger partial charge in [0.25, 0.3) is 5.91 Å². The Bertz CT molecular complexity index is 780. The van der Waals surface area contributed by atoms with Crippen LogP contribution in [0.1, 0.15) is 17.0 Å². The van der Waals surface area contributed by atoms with Crippen LogP contribution in [-0.4, -0.2) is 56.1 Å². The van der Waals surface area contributed by atoms with Crippen LogP contribution < -0.4 is 20.9 Å². The second-order valence-corrected chi connectivity index (χ2v) is 6.12. The Kier molecular flexibility index (Phi) is 6.24. The van der Waals surface area contributed by atoms with Gasteiger partial charge in [-0.25, -0.2) is 9.37 Å². The van der Waals surface area contributed by atoms with Crippen LogP contribution in [0.15, 0.2) is 46.1 Å². The van der Waals surface area contributed by atoms with Crippen molar-refractivity contribution >= 4 is 17.7 Å². The Labute approximate surface area is 156 Å². The number of amides is 1. The molecule has 1 aliphatic rings. The van der Waals surface area contributed by atoms with Crippen LogP contribution in [0.25, 0.3) is 0 Å². The maximum Gasteiger partial charge on any atom is 0.287 e. The highest BCUT2D eigenvalue weighted by atomic mass is 19.1. The fourth-order valence-corrected chi connectivity index (χ4v) is 2.92. The van der Waals surface area contributed by atoms with Crippen LogP contribution in [0.2, 0.25) is 0 Å². The minimum Gasteiger partial charge on any atom is -0.459 e. The number of guanidine groups is 1. The number of furan rings is 1. The molecule has 27 heavy (non-hydrogen) atoms. The predicted molar refractivity (Wildman–Crippen MR) is 100 cm³/mol. The lowest BCUT2D eigenvalue weighted by Crippen LogP contribution is -2.46. The van der Waals surface area contributed by atoms with Gasteiger partial charge in [0.1, 0.15) is 0 Å². The van der Waals surface area contributed by atoms with Crippen LogP contribution in [0.4, 0.5) is 10.2 Å². The van der Waals surface area contributed by atoms with Crippen LogP contribution >= 0.6 is 0 Å². The summed E-state index contributed by atoms with van der Waals surface area (Å²) in [6.07, 6.45) is 3.91. The number of hydrogen-bond acceptors (Lipinski definition) is 5. The standard InChI is InChI=1S/C18H23FN6O2/c1-20-18(23-9-8-22-17(26)15-5-3-11-27-15)24-13-6-10-25(12-13)16-14(19)4-2-7-21-16/h2-5,7,11,13H,6,8-10,12H2,1H3,(H,22,26)(H2,20,23,24). The van der Waals surface area contributed by atoms with E-state index in [2.05, 4.69) is 25.9 Å². The van der Waals surface area contributed by atoms with Crippen LogP contribution in [0.3, 0.4) is 0 Å². The topological polar surface area (TPSA) is 94.8 Å². The Hall–Kier alpha value is -3.10. The van der Waals surface area contributed by atoms with E-state index >= 15 is 0 Å². The molecule has 1 fully saturated rings. The lowest BCUT2D eigenvalue weighted by atomic mass is 10.3. The summed E-state index contributed by atoms with van der Waals surface area (Å²) in [7, 11) is 1.68. The number of rotatable bonds is 6. The summed E-state index contributed by atoms with van der Waals surface area (Å²) in [5.74, 6) is 0.729. The number of anilines is 1. The Morgan fingerprint density at radius 1 is 1.37 bits per heavy atom. The molecule has 1 aliphatic heterocycles. The first-order valence-electron chi connectivity index (χ1n) is 8.81. The molecule has 1 unspecified atom stereocenters. The maximum absolute atomic E-state index is 13.9. The minimum absolute atomic E-state index is 0.135. The highest BCUT2D eigenvalue weighted by molar-refractivity contribution is 5.91. The van der Waals surface area contributed by atoms with E-state index in [1.807, 2.05) is 4.90 Å². The first-order chi connectivity index (χ1) is 13.2. The van der Waals surface area contributed by atoms with Crippen molar-refractivity contribution in [2.45, 2.75) is 12.5 Å². The molecule has 1 atom stereocenters. The summed E-state index contributed by atoms with van der Waals surface area (Å²) >= 11 is 0. The summed E-state index contributed by atoms with van der Waals surface area (Å²) in [5, 5.41) is 9.22. The Balaban J connectivity index is 1.40. The number of carbonyl (C=O) groups is 1. The molecule has 8 nitrogen and oxygen atoms in total. The fourth-order valence-electron chi connectivity index (χ4n) is 2.92. The molecule has 3 rings (SSSR count). The van der Waals surface area contributed by atoms with Crippen LogP contribution in [-0.2, 0) is 0 Å². The van der Waals surface area contributed by atoms with Crippen molar-refractivity contribution < 1.29 is 13.6 Å². The number of nitrogens with zero attached hydrogens (tertiary/aromatic N) is 3. The van der Waals surface area contributed by atoms with Gasteiger partial charge >= 0.3 is 0 Å². The molecule has 2 aromatic rings. The number of aliphatic imine (C=N–C) groups is 1. The van der Waals surface area contributed by atoms with E-state index in [1.54, 1.807) is 31.4 Å². The van der Waals surface area contributed by atoms with Crippen molar-refractivity contribution in [1.82, 2.24) is 20.9 Å². The Morgan fingerprint density at radius 2 is 2.22 bits per heavy atom. The predicted octanol–water partition coefficient (Wildman–Crippen LogP) is 0.987. The SMILES string of the molecule is CN=C(NCCNC(=O)c1ccco1)NC1CCN(c2ncccc2F)C1. The molecule has 1 amide bonds. The van der Waals surface area contributed by atoms with Gasteiger partial charge < -0.3 is 25.3 Å². The molecule has 0 aliphatic carbocycles. The van der Waals surface area contributed by atoms with E-state index in [0.29, 0.717) is 31.4 Å². The number of hydrogen-bond donors (Lipinski definition) is 3. The van der Waals surface area contributed by atoms with E-state index < -0.39 is 0 Å². The molecular weight excluding hydrogens is 351 g/mol. The van der Waals surface area contributed by atoms with Crippen LogP contribution in [0, 0.1) is 5.82 Å². The number of aromatic nitrogens is 1. The van der Waals surface area contributed by atoms with Crippen molar-refractivity contribution in [3.05, 3.63) is 48.3 Å². The zero-order valence-corrected chi connectivity index (χ0v) is 15.1. The molecule has 0 aromatic carbocycles. The van der Waals surface area contributed by atoms with Gasteiger partial charge in [-0.1, -0.05) is 0 Å². The van der Waals surface area contributed by atoms with Crippen molar-refractivity contribution in [3.8, 4) is 0 Å². The zero-order valence-electron chi connectivity index (χ0n) is 15.1. The van der Waals surface area contributed by atoms with E-state index in [4.69, 9.17) is 4.42 Å². The molecule has 0 bridgehead atoms. The average molecular weight is 374 g/mol. The van der Waals surface area contributed by atoms with Crippen molar-refractivity contribution in [3.63, 3.8) is 0 Å². The summed E-state index contributed by atoms with van der Waals surface area (Å²) < 4.78 is 18.9. The maximum atomic E-state index is 13.9. The van der Waals surface area contributed by atoms with Gasteiger partial charge in [0.2, 0.25) is 0 Å². The second kappa shape index (κ2) is 9.02. The number of carbonyl (C=O) groups excluding carboxylic acids is 1. The third kappa shape index (κ3) is 4.96. The quantitative estimate of drug-likeness (QED) is 0.397. The smallest absolute Gasteiger partial charge is 0.287 e. The molecule has 1 saturated heterocycles.